The largest absolute Gasteiger partial charge is 0.294 e. The first-order chi connectivity index (χ1) is 5.34. The van der Waals surface area contributed by atoms with Crippen LogP contribution < -0.4 is 0 Å². The zero-order chi connectivity index (χ0) is 8.10. The Kier molecular flexibility index (Phi) is 3.61. The van der Waals surface area contributed by atoms with Crippen LogP contribution in [0.1, 0.15) is 46.0 Å². The minimum absolute atomic E-state index is 0.823. The maximum absolute atomic E-state index is 4.46. The molecule has 1 rings (SSSR count). The van der Waals surface area contributed by atoms with E-state index in [9.17, 15) is 0 Å². The van der Waals surface area contributed by atoms with Crippen LogP contribution in [-0.2, 0) is 0 Å². The molecule has 0 unspecified atom stereocenters. The molecule has 1 saturated carbocycles. The lowest BCUT2D eigenvalue weighted by Crippen LogP contribution is -2.14. The third kappa shape index (κ3) is 2.64. The van der Waals surface area contributed by atoms with Gasteiger partial charge in [-0.05, 0) is 32.6 Å². The van der Waals surface area contributed by atoms with E-state index < -0.39 is 0 Å². The second-order valence-electron chi connectivity index (χ2n) is 3.45. The van der Waals surface area contributed by atoms with Crippen molar-refractivity contribution in [2.24, 2.45) is 10.9 Å². The summed E-state index contributed by atoms with van der Waals surface area (Å²) < 4.78 is 0. The average Bonchev–Trinajstić information content (AvgIpc) is 2.07. The van der Waals surface area contributed by atoms with E-state index >= 15 is 0 Å². The van der Waals surface area contributed by atoms with E-state index in [0.29, 0.717) is 0 Å². The molecule has 0 aromatic carbocycles. The Morgan fingerprint density at radius 3 is 2.45 bits per heavy atom. The predicted molar refractivity (Wildman–Crippen MR) is 50.2 cm³/mol. The molecular formula is C10H19N. The SMILES string of the molecule is CCN=C(C)C1CCCCC1. The average molecular weight is 153 g/mol. The molecule has 0 aromatic rings. The smallest absolute Gasteiger partial charge is 0.0360 e. The van der Waals surface area contributed by atoms with Gasteiger partial charge in [0.15, 0.2) is 0 Å². The molecule has 64 valence electrons. The fourth-order valence-electron chi connectivity index (χ4n) is 1.90. The fraction of sp³-hybridized carbons (Fsp3) is 0.900. The van der Waals surface area contributed by atoms with E-state index in [1.807, 2.05) is 0 Å². The Morgan fingerprint density at radius 1 is 1.27 bits per heavy atom. The molecule has 1 fully saturated rings. The molecule has 1 aliphatic rings. The van der Waals surface area contributed by atoms with Crippen LogP contribution in [0, 0.1) is 5.92 Å². The molecule has 0 aromatic heterocycles. The molecule has 1 aliphatic carbocycles. The van der Waals surface area contributed by atoms with Crippen LogP contribution >= 0.6 is 0 Å². The highest BCUT2D eigenvalue weighted by Crippen LogP contribution is 2.24. The van der Waals surface area contributed by atoms with Gasteiger partial charge in [0.1, 0.15) is 0 Å². The van der Waals surface area contributed by atoms with Crippen molar-refractivity contribution in [2.45, 2.75) is 46.0 Å². The molecule has 0 amide bonds. The summed E-state index contributed by atoms with van der Waals surface area (Å²) in [6.07, 6.45) is 7.04. The van der Waals surface area contributed by atoms with Gasteiger partial charge in [0, 0.05) is 12.3 Å². The third-order valence-corrected chi connectivity index (χ3v) is 2.60. The van der Waals surface area contributed by atoms with Crippen LogP contribution in [-0.4, -0.2) is 12.3 Å². The lowest BCUT2D eigenvalue weighted by molar-refractivity contribution is 0.437. The van der Waals surface area contributed by atoms with Gasteiger partial charge in [-0.3, -0.25) is 4.99 Å². The molecular weight excluding hydrogens is 134 g/mol. The highest BCUT2D eigenvalue weighted by Gasteiger charge is 2.15. The predicted octanol–water partition coefficient (Wildman–Crippen LogP) is 3.05. The van der Waals surface area contributed by atoms with Gasteiger partial charge in [-0.15, -0.1) is 0 Å². The Bertz CT molecular complexity index is 132. The number of hydrogen-bond acceptors (Lipinski definition) is 1. The Hall–Kier alpha value is -0.330. The van der Waals surface area contributed by atoms with Gasteiger partial charge in [0.05, 0.1) is 0 Å². The maximum atomic E-state index is 4.46. The van der Waals surface area contributed by atoms with Gasteiger partial charge in [-0.25, -0.2) is 0 Å². The summed E-state index contributed by atoms with van der Waals surface area (Å²) in [5.74, 6) is 0.823. The zero-order valence-corrected chi connectivity index (χ0v) is 7.77. The molecule has 0 N–H and O–H groups in total. The summed E-state index contributed by atoms with van der Waals surface area (Å²) in [7, 11) is 0. The molecule has 0 spiro atoms. The molecule has 0 radical (unpaired) electrons. The summed E-state index contributed by atoms with van der Waals surface area (Å²) in [5, 5.41) is 0. The minimum Gasteiger partial charge on any atom is -0.294 e. The van der Waals surface area contributed by atoms with Gasteiger partial charge in [-0.2, -0.15) is 0 Å². The first-order valence-corrected chi connectivity index (χ1v) is 4.85. The van der Waals surface area contributed by atoms with Crippen molar-refractivity contribution in [1.82, 2.24) is 0 Å². The monoisotopic (exact) mass is 153 g/mol. The second-order valence-corrected chi connectivity index (χ2v) is 3.45. The van der Waals surface area contributed by atoms with Crippen molar-refractivity contribution in [3.63, 3.8) is 0 Å². The van der Waals surface area contributed by atoms with Crippen molar-refractivity contribution in [3.05, 3.63) is 0 Å². The Balaban J connectivity index is 2.38. The maximum Gasteiger partial charge on any atom is 0.0360 e. The molecule has 0 bridgehead atoms. The van der Waals surface area contributed by atoms with Crippen molar-refractivity contribution in [3.8, 4) is 0 Å². The van der Waals surface area contributed by atoms with Gasteiger partial charge in [0.25, 0.3) is 0 Å². The van der Waals surface area contributed by atoms with Crippen molar-refractivity contribution >= 4 is 5.71 Å². The lowest BCUT2D eigenvalue weighted by atomic mass is 9.86. The minimum atomic E-state index is 0.823. The van der Waals surface area contributed by atoms with Gasteiger partial charge in [-0.1, -0.05) is 19.3 Å². The molecule has 0 aliphatic heterocycles. The van der Waals surface area contributed by atoms with Crippen LogP contribution in [0.5, 0.6) is 0 Å². The van der Waals surface area contributed by atoms with Crippen molar-refractivity contribution in [1.29, 1.82) is 0 Å². The van der Waals surface area contributed by atoms with E-state index in [1.165, 1.54) is 37.8 Å². The van der Waals surface area contributed by atoms with E-state index in [4.69, 9.17) is 0 Å². The topological polar surface area (TPSA) is 12.4 Å². The Morgan fingerprint density at radius 2 is 1.91 bits per heavy atom. The highest BCUT2D eigenvalue weighted by atomic mass is 14.7. The molecule has 1 nitrogen and oxygen atoms in total. The molecule has 0 atom stereocenters. The van der Waals surface area contributed by atoms with Gasteiger partial charge >= 0.3 is 0 Å². The van der Waals surface area contributed by atoms with Crippen LogP contribution in [0.4, 0.5) is 0 Å². The van der Waals surface area contributed by atoms with Gasteiger partial charge in [0.2, 0.25) is 0 Å². The first kappa shape index (κ1) is 8.76. The normalized spacial score (nSPS) is 22.2. The van der Waals surface area contributed by atoms with Crippen LogP contribution in [0.15, 0.2) is 4.99 Å². The number of nitrogens with zero attached hydrogens (tertiary/aromatic N) is 1. The number of rotatable bonds is 2. The molecule has 0 saturated heterocycles. The molecule has 11 heavy (non-hydrogen) atoms. The highest BCUT2D eigenvalue weighted by molar-refractivity contribution is 5.84. The van der Waals surface area contributed by atoms with E-state index in [2.05, 4.69) is 18.8 Å². The summed E-state index contributed by atoms with van der Waals surface area (Å²) >= 11 is 0. The third-order valence-electron chi connectivity index (χ3n) is 2.60. The summed E-state index contributed by atoms with van der Waals surface area (Å²) in [6, 6.07) is 0. The van der Waals surface area contributed by atoms with Crippen LogP contribution in [0.3, 0.4) is 0 Å². The Labute approximate surface area is 69.9 Å². The summed E-state index contributed by atoms with van der Waals surface area (Å²) in [6.45, 7) is 5.27. The fourth-order valence-corrected chi connectivity index (χ4v) is 1.90. The zero-order valence-electron chi connectivity index (χ0n) is 7.77. The van der Waals surface area contributed by atoms with Gasteiger partial charge < -0.3 is 0 Å². The second kappa shape index (κ2) is 4.53. The summed E-state index contributed by atoms with van der Waals surface area (Å²) in [4.78, 5) is 4.46. The summed E-state index contributed by atoms with van der Waals surface area (Å²) in [5.41, 5.74) is 1.40. The standard InChI is InChI=1S/C10H19N/c1-3-11-9(2)10-7-5-4-6-8-10/h10H,3-8H2,1-2H3. The number of aliphatic imine (C=N–C) groups is 1. The van der Waals surface area contributed by atoms with Crippen molar-refractivity contribution in [2.75, 3.05) is 6.54 Å². The van der Waals surface area contributed by atoms with E-state index in [-0.39, 0.29) is 0 Å². The number of hydrogen-bond donors (Lipinski definition) is 0. The van der Waals surface area contributed by atoms with Crippen molar-refractivity contribution < 1.29 is 0 Å². The quantitative estimate of drug-likeness (QED) is 0.541. The molecule has 1 heteroatoms. The lowest BCUT2D eigenvalue weighted by Gasteiger charge is -2.21. The first-order valence-electron chi connectivity index (χ1n) is 4.85. The van der Waals surface area contributed by atoms with E-state index in [1.54, 1.807) is 0 Å². The molecule has 0 heterocycles. The van der Waals surface area contributed by atoms with Crippen LogP contribution in [0.2, 0.25) is 0 Å². The van der Waals surface area contributed by atoms with Crippen LogP contribution in [0.25, 0.3) is 0 Å². The van der Waals surface area contributed by atoms with E-state index in [0.717, 1.165) is 12.5 Å².